The van der Waals surface area contributed by atoms with E-state index in [1.807, 2.05) is 0 Å². The highest BCUT2D eigenvalue weighted by Gasteiger charge is 2.45. The fourth-order valence-corrected chi connectivity index (χ4v) is 6.14. The molecule has 0 aliphatic carbocycles. The van der Waals surface area contributed by atoms with E-state index in [1.165, 1.54) is 12.1 Å². The van der Waals surface area contributed by atoms with E-state index in [0.29, 0.717) is 12.5 Å². The molecule has 5 nitrogen and oxygen atoms in total. The van der Waals surface area contributed by atoms with Gasteiger partial charge in [-0.2, -0.15) is 0 Å². The lowest BCUT2D eigenvalue weighted by Crippen LogP contribution is -2.51. The van der Waals surface area contributed by atoms with Crippen molar-refractivity contribution in [3.63, 3.8) is 0 Å². The van der Waals surface area contributed by atoms with Gasteiger partial charge in [-0.3, -0.25) is 0 Å². The summed E-state index contributed by atoms with van der Waals surface area (Å²) in [5, 5.41) is 0. The molecule has 144 valence electrons. The fourth-order valence-electron chi connectivity index (χ4n) is 2.83. The highest BCUT2D eigenvalue weighted by atomic mass is 35.7. The normalized spacial score (nSPS) is 13.2. The maximum Gasteiger partial charge on any atom is 0.501 e. The molecular formula is C17H29ClO5SSi. The van der Waals surface area contributed by atoms with Crippen LogP contribution < -0.4 is 0 Å². The third-order valence-corrected chi connectivity index (χ3v) is 9.07. The van der Waals surface area contributed by atoms with Crippen LogP contribution in [0.15, 0.2) is 29.2 Å². The second kappa shape index (κ2) is 9.48. The Morgan fingerprint density at radius 1 is 1.00 bits per heavy atom. The van der Waals surface area contributed by atoms with Crippen molar-refractivity contribution in [1.82, 2.24) is 0 Å². The first-order valence-corrected chi connectivity index (χ1v) is 12.8. The highest BCUT2D eigenvalue weighted by molar-refractivity contribution is 8.13. The van der Waals surface area contributed by atoms with Crippen LogP contribution in [0.25, 0.3) is 0 Å². The summed E-state index contributed by atoms with van der Waals surface area (Å²) >= 11 is 0. The predicted octanol–water partition coefficient (Wildman–Crippen LogP) is 4.37. The fraction of sp³-hybridized carbons (Fsp3) is 0.647. The van der Waals surface area contributed by atoms with Crippen molar-refractivity contribution in [2.24, 2.45) is 0 Å². The van der Waals surface area contributed by atoms with Gasteiger partial charge in [0.05, 0.1) is 10.5 Å². The monoisotopic (exact) mass is 408 g/mol. The van der Waals surface area contributed by atoms with Crippen LogP contribution in [0, 0.1) is 0 Å². The molecule has 0 aliphatic heterocycles. The lowest BCUT2D eigenvalue weighted by atomic mass is 9.95. The van der Waals surface area contributed by atoms with E-state index >= 15 is 0 Å². The Balaban J connectivity index is 2.91. The van der Waals surface area contributed by atoms with Crippen molar-refractivity contribution in [2.45, 2.75) is 63.0 Å². The molecule has 0 fully saturated rings. The molecule has 0 bridgehead atoms. The molecule has 1 aromatic rings. The quantitative estimate of drug-likeness (QED) is 0.401. The first kappa shape index (κ1) is 22.6. The Kier molecular flexibility index (Phi) is 8.57. The maximum atomic E-state index is 11.3. The minimum atomic E-state index is -3.70. The molecular weight excluding hydrogens is 380 g/mol. The van der Waals surface area contributed by atoms with E-state index in [9.17, 15) is 8.42 Å². The van der Waals surface area contributed by atoms with Crippen LogP contribution in [0.3, 0.4) is 0 Å². The Bertz CT molecular complexity index is 617. The van der Waals surface area contributed by atoms with Crippen molar-refractivity contribution in [1.29, 1.82) is 0 Å². The molecule has 0 amide bonds. The number of rotatable bonds is 11. The SMILES string of the molecule is CCC(CC)(CC)O[Si](CCc1ccc(S(=O)(=O)Cl)cc1)(OC)OC. The first-order chi connectivity index (χ1) is 11.7. The smallest absolute Gasteiger partial charge is 0.377 e. The van der Waals surface area contributed by atoms with Gasteiger partial charge in [0.2, 0.25) is 0 Å². The number of benzene rings is 1. The molecule has 0 atom stereocenters. The van der Waals surface area contributed by atoms with Gasteiger partial charge in [0, 0.05) is 30.9 Å². The van der Waals surface area contributed by atoms with Crippen molar-refractivity contribution in [3.8, 4) is 0 Å². The number of aryl methyl sites for hydroxylation is 1. The summed E-state index contributed by atoms with van der Waals surface area (Å²) in [6.07, 6.45) is 3.35. The molecule has 0 saturated carbocycles. The summed E-state index contributed by atoms with van der Waals surface area (Å²) in [6.45, 7) is 6.34. The van der Waals surface area contributed by atoms with E-state index in [2.05, 4.69) is 20.8 Å². The van der Waals surface area contributed by atoms with Gasteiger partial charge in [0.15, 0.2) is 0 Å². The number of hydrogen-bond donors (Lipinski definition) is 0. The average Bonchev–Trinajstić information content (AvgIpc) is 2.63. The molecule has 0 spiro atoms. The molecule has 1 aromatic carbocycles. The van der Waals surface area contributed by atoms with Gasteiger partial charge in [-0.1, -0.05) is 32.9 Å². The predicted molar refractivity (Wildman–Crippen MR) is 102 cm³/mol. The van der Waals surface area contributed by atoms with Gasteiger partial charge >= 0.3 is 8.80 Å². The molecule has 0 aliphatic rings. The largest absolute Gasteiger partial charge is 0.501 e. The molecule has 1 rings (SSSR count). The van der Waals surface area contributed by atoms with Gasteiger partial charge < -0.3 is 13.3 Å². The Hall–Kier alpha value is -0.443. The highest BCUT2D eigenvalue weighted by Crippen LogP contribution is 2.31. The lowest BCUT2D eigenvalue weighted by Gasteiger charge is -2.39. The van der Waals surface area contributed by atoms with E-state index in [4.69, 9.17) is 24.0 Å². The molecule has 8 heteroatoms. The van der Waals surface area contributed by atoms with E-state index in [-0.39, 0.29) is 10.5 Å². The third kappa shape index (κ3) is 6.04. The Morgan fingerprint density at radius 3 is 1.84 bits per heavy atom. The Labute approximate surface area is 157 Å². The molecule has 0 heterocycles. The second-order valence-electron chi connectivity index (χ2n) is 6.02. The van der Waals surface area contributed by atoms with Crippen LogP contribution in [-0.2, 0) is 28.7 Å². The van der Waals surface area contributed by atoms with Gasteiger partial charge in [0.25, 0.3) is 9.05 Å². The maximum absolute atomic E-state index is 11.3. The van der Waals surface area contributed by atoms with Gasteiger partial charge in [-0.05, 0) is 43.4 Å². The molecule has 0 radical (unpaired) electrons. The summed E-state index contributed by atoms with van der Waals surface area (Å²) < 4.78 is 40.5. The standard InChI is InChI=1S/C17H29ClO5SSi/c1-6-17(7-2,8-3)23-25(21-4,22-5)14-13-15-9-11-16(12-10-15)24(18,19)20/h9-12H,6-8,13-14H2,1-5H3. The van der Waals surface area contributed by atoms with Crippen molar-refractivity contribution in [3.05, 3.63) is 29.8 Å². The summed E-state index contributed by atoms with van der Waals surface area (Å²) in [5.41, 5.74) is 0.739. The van der Waals surface area contributed by atoms with Crippen LogP contribution in [0.1, 0.15) is 45.6 Å². The summed E-state index contributed by atoms with van der Waals surface area (Å²) in [6, 6.07) is 7.15. The van der Waals surface area contributed by atoms with Crippen LogP contribution in [0.4, 0.5) is 0 Å². The second-order valence-corrected chi connectivity index (χ2v) is 11.5. The molecule has 25 heavy (non-hydrogen) atoms. The summed E-state index contributed by atoms with van der Waals surface area (Å²) in [7, 11) is 2.09. The average molecular weight is 409 g/mol. The zero-order chi connectivity index (χ0) is 19.1. The van der Waals surface area contributed by atoms with Gasteiger partial charge in [-0.15, -0.1) is 0 Å². The van der Waals surface area contributed by atoms with Crippen molar-refractivity contribution in [2.75, 3.05) is 14.2 Å². The lowest BCUT2D eigenvalue weighted by molar-refractivity contribution is -0.0256. The minimum Gasteiger partial charge on any atom is -0.377 e. The van der Waals surface area contributed by atoms with Crippen molar-refractivity contribution >= 4 is 28.5 Å². The van der Waals surface area contributed by atoms with Crippen molar-refractivity contribution < 1.29 is 21.7 Å². The third-order valence-electron chi connectivity index (χ3n) is 4.85. The minimum absolute atomic E-state index is 0.0955. The van der Waals surface area contributed by atoms with Crippen LogP contribution >= 0.6 is 10.7 Å². The summed E-state index contributed by atoms with van der Waals surface area (Å²) in [4.78, 5) is 0.0955. The van der Waals surface area contributed by atoms with Gasteiger partial charge in [-0.25, -0.2) is 8.42 Å². The van der Waals surface area contributed by atoms with E-state index in [1.54, 1.807) is 26.4 Å². The van der Waals surface area contributed by atoms with E-state index < -0.39 is 17.9 Å². The number of hydrogen-bond acceptors (Lipinski definition) is 5. The van der Waals surface area contributed by atoms with Crippen LogP contribution in [0.2, 0.25) is 6.04 Å². The van der Waals surface area contributed by atoms with E-state index in [0.717, 1.165) is 24.8 Å². The molecule has 0 aromatic heterocycles. The zero-order valence-corrected chi connectivity index (χ0v) is 18.2. The molecule has 0 saturated heterocycles. The van der Waals surface area contributed by atoms with Crippen LogP contribution in [0.5, 0.6) is 0 Å². The molecule has 0 N–H and O–H groups in total. The Morgan fingerprint density at radius 2 is 1.48 bits per heavy atom. The topological polar surface area (TPSA) is 61.8 Å². The van der Waals surface area contributed by atoms with Crippen LogP contribution in [-0.4, -0.2) is 37.0 Å². The zero-order valence-electron chi connectivity index (χ0n) is 15.7. The summed E-state index contributed by atoms with van der Waals surface area (Å²) in [5.74, 6) is 0. The first-order valence-electron chi connectivity index (χ1n) is 8.54. The molecule has 0 unspecified atom stereocenters. The number of halogens is 1. The van der Waals surface area contributed by atoms with Gasteiger partial charge in [0.1, 0.15) is 0 Å².